The number of rotatable bonds is 9. The van der Waals surface area contributed by atoms with Crippen LogP contribution in [0.3, 0.4) is 0 Å². The fourth-order valence-electron chi connectivity index (χ4n) is 5.70. The van der Waals surface area contributed by atoms with Gasteiger partial charge in [-0.1, -0.05) is 42.0 Å². The van der Waals surface area contributed by atoms with Crippen LogP contribution in [0.4, 0.5) is 10.1 Å². The molecule has 0 aromatic heterocycles. The minimum Gasteiger partial charge on any atom is -0.394 e. The zero-order valence-electron chi connectivity index (χ0n) is 22.6. The number of ether oxygens (including phenoxy) is 1. The predicted molar refractivity (Wildman–Crippen MR) is 149 cm³/mol. The molecule has 0 bridgehead atoms. The van der Waals surface area contributed by atoms with Crippen LogP contribution in [0.5, 0.6) is 0 Å². The summed E-state index contributed by atoms with van der Waals surface area (Å²) in [5.74, 6) is -1.06. The third-order valence-corrected chi connectivity index (χ3v) is 8.12. The zero-order valence-corrected chi connectivity index (χ0v) is 22.6. The number of amides is 1. The lowest BCUT2D eigenvalue weighted by atomic mass is 9.78. The molecule has 5 rings (SSSR count). The van der Waals surface area contributed by atoms with Crippen LogP contribution in [-0.4, -0.2) is 69.2 Å². The highest BCUT2D eigenvalue weighted by molar-refractivity contribution is 6.04. The molecule has 3 aromatic rings. The molecular formula is C32H34FNO7. The van der Waals surface area contributed by atoms with Crippen molar-refractivity contribution in [3.8, 4) is 0 Å². The van der Waals surface area contributed by atoms with Gasteiger partial charge in [0.2, 0.25) is 5.91 Å². The SMILES string of the molecule is Cc1ccc(N2C(=O)C(CCC(=O)c3ccc(F)cc3)C2c2ccc(CC3OC(CO)C(O)C(O)C3O)cc2)cc1. The summed E-state index contributed by atoms with van der Waals surface area (Å²) in [6, 6.07) is 20.3. The molecule has 41 heavy (non-hydrogen) atoms. The lowest BCUT2D eigenvalue weighted by molar-refractivity contribution is -0.228. The highest BCUT2D eigenvalue weighted by Crippen LogP contribution is 2.46. The number of halogens is 1. The smallest absolute Gasteiger partial charge is 0.233 e. The maximum Gasteiger partial charge on any atom is 0.233 e. The van der Waals surface area contributed by atoms with E-state index in [0.717, 1.165) is 22.4 Å². The van der Waals surface area contributed by atoms with Crippen molar-refractivity contribution in [3.63, 3.8) is 0 Å². The number of ketones is 1. The van der Waals surface area contributed by atoms with Gasteiger partial charge in [-0.2, -0.15) is 0 Å². The van der Waals surface area contributed by atoms with E-state index in [-0.39, 0.29) is 30.6 Å². The fourth-order valence-corrected chi connectivity index (χ4v) is 5.70. The largest absolute Gasteiger partial charge is 0.394 e. The Bertz CT molecular complexity index is 1360. The lowest BCUT2D eigenvalue weighted by Gasteiger charge is -2.47. The van der Waals surface area contributed by atoms with Crippen molar-refractivity contribution in [1.29, 1.82) is 0 Å². The number of anilines is 1. The molecule has 4 N–H and O–H groups in total. The van der Waals surface area contributed by atoms with Gasteiger partial charge in [0.25, 0.3) is 0 Å². The summed E-state index contributed by atoms with van der Waals surface area (Å²) in [4.78, 5) is 27.9. The van der Waals surface area contributed by atoms with Crippen LogP contribution in [0.2, 0.25) is 0 Å². The zero-order chi connectivity index (χ0) is 29.3. The molecular weight excluding hydrogens is 529 g/mol. The Hall–Kier alpha value is -3.47. The van der Waals surface area contributed by atoms with Gasteiger partial charge in [-0.25, -0.2) is 4.39 Å². The van der Waals surface area contributed by atoms with Crippen LogP contribution in [-0.2, 0) is 16.0 Å². The molecule has 0 saturated carbocycles. The Morgan fingerprint density at radius 1 is 0.878 bits per heavy atom. The Morgan fingerprint density at radius 3 is 2.15 bits per heavy atom. The topological polar surface area (TPSA) is 128 Å². The summed E-state index contributed by atoms with van der Waals surface area (Å²) in [6.07, 6.45) is -5.24. The van der Waals surface area contributed by atoms with Crippen molar-refractivity contribution in [2.24, 2.45) is 5.92 Å². The molecule has 0 aliphatic carbocycles. The summed E-state index contributed by atoms with van der Waals surface area (Å²) in [5.41, 5.74) is 3.91. The highest BCUT2D eigenvalue weighted by Gasteiger charge is 2.48. The average Bonchev–Trinajstić information content (AvgIpc) is 2.98. The third kappa shape index (κ3) is 5.95. The number of Topliss-reactive ketones (excluding diaryl/α,β-unsaturated/α-hetero) is 1. The Kier molecular flexibility index (Phi) is 8.63. The third-order valence-electron chi connectivity index (χ3n) is 8.12. The molecule has 2 saturated heterocycles. The predicted octanol–water partition coefficient (Wildman–Crippen LogP) is 2.89. The molecule has 2 aliphatic rings. The molecule has 0 radical (unpaired) electrons. The first-order valence-corrected chi connectivity index (χ1v) is 13.8. The van der Waals surface area contributed by atoms with Gasteiger partial charge >= 0.3 is 0 Å². The quantitative estimate of drug-likeness (QED) is 0.233. The normalized spacial score (nSPS) is 27.9. The number of benzene rings is 3. The molecule has 216 valence electrons. The standard InChI is InChI=1S/C32H34FNO7/c1-18-2-12-23(13-3-18)34-28(24(32(34)40)14-15-25(36)20-8-10-22(33)11-9-20)21-6-4-19(5-7-21)16-26-29(37)31(39)30(38)27(17-35)41-26/h2-13,24,26-31,35,37-39H,14-17H2,1H3. The summed E-state index contributed by atoms with van der Waals surface area (Å²) in [7, 11) is 0. The number of carbonyl (C=O) groups excluding carboxylic acids is 2. The van der Waals surface area contributed by atoms with Gasteiger partial charge in [0.15, 0.2) is 5.78 Å². The molecule has 2 aliphatic heterocycles. The number of hydrogen-bond acceptors (Lipinski definition) is 7. The molecule has 1 amide bonds. The Balaban J connectivity index is 1.34. The molecule has 2 heterocycles. The number of hydrogen-bond donors (Lipinski definition) is 4. The van der Waals surface area contributed by atoms with Crippen molar-refractivity contribution in [2.45, 2.75) is 62.7 Å². The van der Waals surface area contributed by atoms with E-state index in [2.05, 4.69) is 0 Å². The van der Waals surface area contributed by atoms with E-state index >= 15 is 0 Å². The minimum absolute atomic E-state index is 0.0730. The van der Waals surface area contributed by atoms with Crippen LogP contribution in [0.25, 0.3) is 0 Å². The molecule has 7 unspecified atom stereocenters. The lowest BCUT2D eigenvalue weighted by Crippen LogP contribution is -2.59. The van der Waals surface area contributed by atoms with Gasteiger partial charge in [-0.15, -0.1) is 0 Å². The number of β-lactam (4-membered cyclic amide) rings is 1. The Morgan fingerprint density at radius 2 is 1.51 bits per heavy atom. The van der Waals surface area contributed by atoms with Gasteiger partial charge in [0.05, 0.1) is 24.7 Å². The fraction of sp³-hybridized carbons (Fsp3) is 0.375. The van der Waals surface area contributed by atoms with Crippen molar-refractivity contribution < 1.29 is 39.1 Å². The second-order valence-electron chi connectivity index (χ2n) is 10.9. The maximum atomic E-state index is 13.4. The molecule has 0 spiro atoms. The summed E-state index contributed by atoms with van der Waals surface area (Å²) in [5, 5.41) is 40.0. The van der Waals surface area contributed by atoms with Crippen LogP contribution in [0, 0.1) is 18.7 Å². The summed E-state index contributed by atoms with van der Waals surface area (Å²) >= 11 is 0. The monoisotopic (exact) mass is 563 g/mol. The molecule has 2 fully saturated rings. The highest BCUT2D eigenvalue weighted by atomic mass is 19.1. The molecule has 8 nitrogen and oxygen atoms in total. The summed E-state index contributed by atoms with van der Waals surface area (Å²) in [6.45, 7) is 1.48. The van der Waals surface area contributed by atoms with Crippen LogP contribution >= 0.6 is 0 Å². The number of aryl methyl sites for hydroxylation is 1. The van der Waals surface area contributed by atoms with E-state index in [4.69, 9.17) is 4.74 Å². The summed E-state index contributed by atoms with van der Waals surface area (Å²) < 4.78 is 18.9. The van der Waals surface area contributed by atoms with E-state index in [1.807, 2.05) is 55.5 Å². The maximum absolute atomic E-state index is 13.4. The molecule has 9 heteroatoms. The van der Waals surface area contributed by atoms with E-state index in [1.54, 1.807) is 4.90 Å². The van der Waals surface area contributed by atoms with Crippen LogP contribution in [0.15, 0.2) is 72.8 Å². The minimum atomic E-state index is -1.44. The van der Waals surface area contributed by atoms with E-state index in [0.29, 0.717) is 12.0 Å². The number of nitrogens with zero attached hydrogens (tertiary/aromatic N) is 1. The van der Waals surface area contributed by atoms with Gasteiger partial charge in [-0.3, -0.25) is 9.59 Å². The average molecular weight is 564 g/mol. The van der Waals surface area contributed by atoms with Gasteiger partial charge in [0.1, 0.15) is 30.2 Å². The van der Waals surface area contributed by atoms with Crippen molar-refractivity contribution >= 4 is 17.4 Å². The van der Waals surface area contributed by atoms with Gasteiger partial charge in [-0.05, 0) is 60.9 Å². The molecule has 7 atom stereocenters. The first kappa shape index (κ1) is 29.0. The van der Waals surface area contributed by atoms with Gasteiger partial charge in [0, 0.05) is 24.1 Å². The van der Waals surface area contributed by atoms with E-state index in [9.17, 15) is 34.4 Å². The number of aliphatic hydroxyl groups is 4. The van der Waals surface area contributed by atoms with E-state index in [1.165, 1.54) is 24.3 Å². The van der Waals surface area contributed by atoms with Gasteiger partial charge < -0.3 is 30.1 Å². The van der Waals surface area contributed by atoms with Crippen LogP contribution < -0.4 is 4.90 Å². The Labute approximate surface area is 237 Å². The van der Waals surface area contributed by atoms with Crippen molar-refractivity contribution in [1.82, 2.24) is 0 Å². The van der Waals surface area contributed by atoms with Crippen LogP contribution in [0.1, 0.15) is 45.9 Å². The second kappa shape index (κ2) is 12.2. The van der Waals surface area contributed by atoms with Crippen molar-refractivity contribution in [2.75, 3.05) is 11.5 Å². The number of carbonyl (C=O) groups is 2. The second-order valence-corrected chi connectivity index (χ2v) is 10.9. The first-order valence-electron chi connectivity index (χ1n) is 13.8. The first-order chi connectivity index (χ1) is 19.7. The van der Waals surface area contributed by atoms with Crippen molar-refractivity contribution in [3.05, 3.63) is 101 Å². The number of aliphatic hydroxyl groups excluding tert-OH is 4. The van der Waals surface area contributed by atoms with E-state index < -0.39 is 48.9 Å². The molecule has 3 aromatic carbocycles.